The molecular formula is C23H23ClN4O. The average molecular weight is 407 g/mol. The fourth-order valence-electron chi connectivity index (χ4n) is 3.49. The number of carbonyl (C=O) groups is 1. The number of nitrogens with one attached hydrogen (secondary N) is 1. The van der Waals surface area contributed by atoms with Crippen molar-refractivity contribution < 1.29 is 4.79 Å². The number of aromatic nitrogens is 2. The minimum Gasteiger partial charge on any atom is -0.355 e. The first-order chi connectivity index (χ1) is 14.1. The Morgan fingerprint density at radius 3 is 2.55 bits per heavy atom. The number of anilines is 2. The normalized spacial score (nSPS) is 14.6. The molecule has 0 radical (unpaired) electrons. The van der Waals surface area contributed by atoms with Crippen molar-refractivity contribution in [3.63, 3.8) is 0 Å². The van der Waals surface area contributed by atoms with Crippen molar-refractivity contribution in [3.05, 3.63) is 71.2 Å². The molecule has 1 amide bonds. The molecule has 6 heteroatoms. The van der Waals surface area contributed by atoms with Crippen LogP contribution in [0.1, 0.15) is 30.1 Å². The minimum absolute atomic E-state index is 0.242. The number of rotatable bonds is 4. The Kier molecular flexibility index (Phi) is 5.76. The van der Waals surface area contributed by atoms with E-state index in [1.165, 1.54) is 12.8 Å². The van der Waals surface area contributed by atoms with Gasteiger partial charge in [-0.2, -0.15) is 0 Å². The first kappa shape index (κ1) is 19.4. The second-order valence-electron chi connectivity index (χ2n) is 7.46. The molecule has 2 aromatic carbocycles. The van der Waals surface area contributed by atoms with Crippen LogP contribution in [0.3, 0.4) is 0 Å². The number of nitrogens with zero attached hydrogens (tertiary/aromatic N) is 3. The second kappa shape index (κ2) is 8.62. The molecule has 1 aliphatic rings. The number of benzene rings is 2. The van der Waals surface area contributed by atoms with Gasteiger partial charge in [-0.1, -0.05) is 42.8 Å². The van der Waals surface area contributed by atoms with Crippen LogP contribution in [0.5, 0.6) is 0 Å². The van der Waals surface area contributed by atoms with E-state index in [1.807, 2.05) is 36.4 Å². The van der Waals surface area contributed by atoms with E-state index in [1.54, 1.807) is 24.3 Å². The van der Waals surface area contributed by atoms with Gasteiger partial charge in [0, 0.05) is 24.3 Å². The van der Waals surface area contributed by atoms with Crippen LogP contribution in [-0.2, 0) is 0 Å². The largest absolute Gasteiger partial charge is 0.355 e. The molecule has 0 unspecified atom stereocenters. The monoisotopic (exact) mass is 406 g/mol. The van der Waals surface area contributed by atoms with Crippen LogP contribution >= 0.6 is 11.6 Å². The zero-order valence-corrected chi connectivity index (χ0v) is 17.1. The lowest BCUT2D eigenvalue weighted by Crippen LogP contribution is -2.33. The number of hydrogen-bond donors (Lipinski definition) is 1. The van der Waals surface area contributed by atoms with Gasteiger partial charge in [0.25, 0.3) is 5.91 Å². The van der Waals surface area contributed by atoms with Crippen molar-refractivity contribution in [3.8, 4) is 11.3 Å². The Hall–Kier alpha value is -2.92. The van der Waals surface area contributed by atoms with Crippen LogP contribution in [-0.4, -0.2) is 29.2 Å². The predicted octanol–water partition coefficient (Wildman–Crippen LogP) is 5.29. The molecule has 2 heterocycles. The lowest BCUT2D eigenvalue weighted by molar-refractivity contribution is 0.102. The minimum atomic E-state index is -0.242. The average Bonchev–Trinajstić information content (AvgIpc) is 2.75. The number of halogens is 1. The third-order valence-electron chi connectivity index (χ3n) is 5.29. The molecule has 1 fully saturated rings. The summed E-state index contributed by atoms with van der Waals surface area (Å²) >= 11 is 6.12. The molecule has 3 aromatic rings. The SMILES string of the molecule is CC1CCN(c2ccc(-c3cccc(NC(=O)c4ccccc4Cl)c3)nn2)CC1. The van der Waals surface area contributed by atoms with Gasteiger partial charge in [0.1, 0.15) is 0 Å². The standard InChI is InChI=1S/C23H23ClN4O/c1-16-11-13-28(14-12-16)22-10-9-21(26-27-22)17-5-4-6-18(15-17)25-23(29)19-7-2-3-8-20(19)24/h2-10,15-16H,11-14H2,1H3,(H,25,29). The van der Waals surface area contributed by atoms with E-state index in [0.717, 1.165) is 36.1 Å². The van der Waals surface area contributed by atoms with E-state index in [0.29, 0.717) is 16.3 Å². The van der Waals surface area contributed by atoms with E-state index >= 15 is 0 Å². The number of carbonyl (C=O) groups excluding carboxylic acids is 1. The molecule has 0 spiro atoms. The topological polar surface area (TPSA) is 58.1 Å². The summed E-state index contributed by atoms with van der Waals surface area (Å²) in [6.07, 6.45) is 2.38. The van der Waals surface area contributed by atoms with Crippen molar-refractivity contribution in [2.24, 2.45) is 5.92 Å². The highest BCUT2D eigenvalue weighted by Gasteiger charge is 2.17. The molecule has 0 atom stereocenters. The number of piperidine rings is 1. The maximum absolute atomic E-state index is 12.5. The van der Waals surface area contributed by atoms with Gasteiger partial charge in [-0.05, 0) is 55.2 Å². The van der Waals surface area contributed by atoms with Crippen LogP contribution in [0.4, 0.5) is 11.5 Å². The Morgan fingerprint density at radius 1 is 1.03 bits per heavy atom. The Bertz CT molecular complexity index is 998. The van der Waals surface area contributed by atoms with E-state index in [-0.39, 0.29) is 5.91 Å². The summed E-state index contributed by atoms with van der Waals surface area (Å²) in [5.74, 6) is 1.46. The smallest absolute Gasteiger partial charge is 0.257 e. The fraction of sp³-hybridized carbons (Fsp3) is 0.261. The van der Waals surface area contributed by atoms with Gasteiger partial charge in [-0.3, -0.25) is 4.79 Å². The summed E-state index contributed by atoms with van der Waals surface area (Å²) in [5, 5.41) is 12.2. The molecule has 1 aromatic heterocycles. The van der Waals surface area contributed by atoms with Crippen LogP contribution in [0.15, 0.2) is 60.7 Å². The van der Waals surface area contributed by atoms with Gasteiger partial charge in [0.05, 0.1) is 16.3 Å². The summed E-state index contributed by atoms with van der Waals surface area (Å²) < 4.78 is 0. The third-order valence-corrected chi connectivity index (χ3v) is 5.62. The van der Waals surface area contributed by atoms with Crippen molar-refractivity contribution >= 4 is 29.0 Å². The number of hydrogen-bond acceptors (Lipinski definition) is 4. The van der Waals surface area contributed by atoms with Gasteiger partial charge in [-0.25, -0.2) is 0 Å². The van der Waals surface area contributed by atoms with Crippen molar-refractivity contribution in [2.45, 2.75) is 19.8 Å². The lowest BCUT2D eigenvalue weighted by Gasteiger charge is -2.30. The fourth-order valence-corrected chi connectivity index (χ4v) is 3.71. The molecule has 5 nitrogen and oxygen atoms in total. The maximum atomic E-state index is 12.5. The van der Waals surface area contributed by atoms with Crippen molar-refractivity contribution in [1.29, 1.82) is 0 Å². The van der Waals surface area contributed by atoms with Crippen molar-refractivity contribution in [1.82, 2.24) is 10.2 Å². The van der Waals surface area contributed by atoms with Crippen LogP contribution < -0.4 is 10.2 Å². The van der Waals surface area contributed by atoms with Crippen molar-refractivity contribution in [2.75, 3.05) is 23.3 Å². The Morgan fingerprint density at radius 2 is 1.83 bits per heavy atom. The van der Waals surface area contributed by atoms with Gasteiger partial charge < -0.3 is 10.2 Å². The highest BCUT2D eigenvalue weighted by atomic mass is 35.5. The third kappa shape index (κ3) is 4.57. The highest BCUT2D eigenvalue weighted by Crippen LogP contribution is 2.25. The zero-order chi connectivity index (χ0) is 20.2. The second-order valence-corrected chi connectivity index (χ2v) is 7.87. The summed E-state index contributed by atoms with van der Waals surface area (Å²) in [5.41, 5.74) is 2.80. The highest BCUT2D eigenvalue weighted by molar-refractivity contribution is 6.34. The molecule has 0 saturated carbocycles. The molecule has 4 rings (SSSR count). The van der Waals surface area contributed by atoms with Gasteiger partial charge in [0.15, 0.2) is 5.82 Å². The molecule has 0 aliphatic carbocycles. The van der Waals surface area contributed by atoms with E-state index in [4.69, 9.17) is 11.6 Å². The van der Waals surface area contributed by atoms with E-state index in [2.05, 4.69) is 27.3 Å². The Labute approximate surface area is 175 Å². The first-order valence-corrected chi connectivity index (χ1v) is 10.2. The molecule has 148 valence electrons. The maximum Gasteiger partial charge on any atom is 0.257 e. The summed E-state index contributed by atoms with van der Waals surface area (Å²) in [4.78, 5) is 14.8. The lowest BCUT2D eigenvalue weighted by atomic mass is 9.99. The Balaban J connectivity index is 1.48. The van der Waals surface area contributed by atoms with Gasteiger partial charge >= 0.3 is 0 Å². The molecule has 0 bridgehead atoms. The quantitative estimate of drug-likeness (QED) is 0.639. The van der Waals surface area contributed by atoms with Gasteiger partial charge in [-0.15, -0.1) is 10.2 Å². The summed E-state index contributed by atoms with van der Waals surface area (Å²) in [6, 6.07) is 18.6. The van der Waals surface area contributed by atoms with E-state index in [9.17, 15) is 4.79 Å². The van der Waals surface area contributed by atoms with Crippen LogP contribution in [0.25, 0.3) is 11.3 Å². The number of amides is 1. The molecule has 1 aliphatic heterocycles. The predicted molar refractivity (Wildman–Crippen MR) is 117 cm³/mol. The molecule has 1 saturated heterocycles. The van der Waals surface area contributed by atoms with Crippen LogP contribution in [0.2, 0.25) is 5.02 Å². The molecule has 1 N–H and O–H groups in total. The molecule has 29 heavy (non-hydrogen) atoms. The van der Waals surface area contributed by atoms with Crippen LogP contribution in [0, 0.1) is 5.92 Å². The zero-order valence-electron chi connectivity index (χ0n) is 16.3. The summed E-state index contributed by atoms with van der Waals surface area (Å²) in [6.45, 7) is 4.35. The summed E-state index contributed by atoms with van der Waals surface area (Å²) in [7, 11) is 0. The van der Waals surface area contributed by atoms with Gasteiger partial charge in [0.2, 0.25) is 0 Å². The van der Waals surface area contributed by atoms with E-state index < -0.39 is 0 Å². The molecular weight excluding hydrogens is 384 g/mol. The first-order valence-electron chi connectivity index (χ1n) is 9.85.